The Balaban J connectivity index is 2.09. The molecule has 1 aliphatic rings. The van der Waals surface area contributed by atoms with Gasteiger partial charge in [-0.3, -0.25) is 4.68 Å². The van der Waals surface area contributed by atoms with E-state index in [-0.39, 0.29) is 24.8 Å². The van der Waals surface area contributed by atoms with Crippen LogP contribution in [0, 0.1) is 5.92 Å². The lowest BCUT2D eigenvalue weighted by molar-refractivity contribution is -0.0485. The van der Waals surface area contributed by atoms with Crippen molar-refractivity contribution in [3.63, 3.8) is 0 Å². The molecule has 0 saturated heterocycles. The maximum Gasteiger partial charge on any atom is 0.248 e. The molecule has 2 rings (SSSR count). The van der Waals surface area contributed by atoms with Crippen LogP contribution in [0.1, 0.15) is 37.4 Å². The van der Waals surface area contributed by atoms with Gasteiger partial charge in [0.15, 0.2) is 0 Å². The second-order valence-corrected chi connectivity index (χ2v) is 5.13. The van der Waals surface area contributed by atoms with Gasteiger partial charge in [-0.25, -0.2) is 8.78 Å². The smallest absolute Gasteiger partial charge is 0.248 e. The Bertz CT molecular complexity index is 376. The lowest BCUT2D eigenvalue weighted by Crippen LogP contribution is -2.32. The molecule has 1 saturated carbocycles. The number of aryl methyl sites for hydroxylation is 1. The SMILES string of the molecule is Cn1ncc(Cl)c1C(N)C1CCC(F)(F)CC1. The lowest BCUT2D eigenvalue weighted by Gasteiger charge is -2.32. The van der Waals surface area contributed by atoms with Crippen LogP contribution in [0.4, 0.5) is 8.78 Å². The highest BCUT2D eigenvalue weighted by molar-refractivity contribution is 6.31. The topological polar surface area (TPSA) is 43.8 Å². The zero-order chi connectivity index (χ0) is 12.6. The number of rotatable bonds is 2. The third kappa shape index (κ3) is 2.60. The Kier molecular flexibility index (Phi) is 3.41. The van der Waals surface area contributed by atoms with Gasteiger partial charge in [0.2, 0.25) is 5.92 Å². The maximum absolute atomic E-state index is 13.1. The van der Waals surface area contributed by atoms with Crippen molar-refractivity contribution in [1.82, 2.24) is 9.78 Å². The van der Waals surface area contributed by atoms with E-state index in [4.69, 9.17) is 17.3 Å². The van der Waals surface area contributed by atoms with Gasteiger partial charge in [-0.2, -0.15) is 5.10 Å². The number of aromatic nitrogens is 2. The van der Waals surface area contributed by atoms with Crippen molar-refractivity contribution in [2.75, 3.05) is 0 Å². The number of nitrogens with two attached hydrogens (primary N) is 1. The van der Waals surface area contributed by atoms with Crippen molar-refractivity contribution in [3.8, 4) is 0 Å². The monoisotopic (exact) mass is 263 g/mol. The van der Waals surface area contributed by atoms with Crippen LogP contribution < -0.4 is 5.73 Å². The Labute approximate surface area is 104 Å². The number of halogens is 3. The van der Waals surface area contributed by atoms with Gasteiger partial charge in [-0.05, 0) is 18.8 Å². The fraction of sp³-hybridized carbons (Fsp3) is 0.727. The molecular formula is C11H16ClF2N3. The first-order chi connectivity index (χ1) is 7.91. The highest BCUT2D eigenvalue weighted by atomic mass is 35.5. The van der Waals surface area contributed by atoms with Crippen LogP contribution in [0.15, 0.2) is 6.20 Å². The van der Waals surface area contributed by atoms with E-state index in [1.807, 2.05) is 0 Å². The average Bonchev–Trinajstić information content (AvgIpc) is 2.58. The quantitative estimate of drug-likeness (QED) is 0.892. The third-order valence-electron chi connectivity index (χ3n) is 3.52. The molecule has 0 aliphatic heterocycles. The summed E-state index contributed by atoms with van der Waals surface area (Å²) in [7, 11) is 1.76. The second kappa shape index (κ2) is 4.53. The molecule has 1 fully saturated rings. The van der Waals surface area contributed by atoms with E-state index in [1.165, 1.54) is 6.20 Å². The van der Waals surface area contributed by atoms with Gasteiger partial charge >= 0.3 is 0 Å². The first-order valence-electron chi connectivity index (χ1n) is 5.71. The van der Waals surface area contributed by atoms with Crippen molar-refractivity contribution in [3.05, 3.63) is 16.9 Å². The fourth-order valence-corrected chi connectivity index (χ4v) is 2.73. The molecule has 1 aromatic heterocycles. The predicted octanol–water partition coefficient (Wildman–Crippen LogP) is 2.90. The summed E-state index contributed by atoms with van der Waals surface area (Å²) in [4.78, 5) is 0. The normalized spacial score (nSPS) is 22.6. The minimum Gasteiger partial charge on any atom is -0.322 e. The molecule has 0 radical (unpaired) electrons. The predicted molar refractivity (Wildman–Crippen MR) is 62.1 cm³/mol. The highest BCUT2D eigenvalue weighted by Gasteiger charge is 2.38. The fourth-order valence-electron chi connectivity index (χ4n) is 2.44. The molecule has 0 bridgehead atoms. The molecule has 1 aliphatic carbocycles. The van der Waals surface area contributed by atoms with Crippen LogP contribution in [0.3, 0.4) is 0 Å². The summed E-state index contributed by atoms with van der Waals surface area (Å²) in [6.45, 7) is 0. The van der Waals surface area contributed by atoms with Crippen molar-refractivity contribution in [2.45, 2.75) is 37.6 Å². The molecule has 0 amide bonds. The zero-order valence-corrected chi connectivity index (χ0v) is 10.4. The Hall–Kier alpha value is -0.680. The summed E-state index contributed by atoms with van der Waals surface area (Å²) < 4.78 is 27.7. The Morgan fingerprint density at radius 1 is 1.53 bits per heavy atom. The van der Waals surface area contributed by atoms with Crippen LogP contribution in [-0.2, 0) is 7.05 Å². The van der Waals surface area contributed by atoms with Crippen LogP contribution in [0.5, 0.6) is 0 Å². The van der Waals surface area contributed by atoms with Gasteiger partial charge in [0.1, 0.15) is 0 Å². The minimum atomic E-state index is -2.52. The van der Waals surface area contributed by atoms with E-state index < -0.39 is 5.92 Å². The van der Waals surface area contributed by atoms with Crippen molar-refractivity contribution in [2.24, 2.45) is 18.7 Å². The van der Waals surface area contributed by atoms with E-state index in [0.29, 0.717) is 17.9 Å². The van der Waals surface area contributed by atoms with Gasteiger partial charge in [-0.15, -0.1) is 0 Å². The van der Waals surface area contributed by atoms with Crippen molar-refractivity contribution >= 4 is 11.6 Å². The standard InChI is InChI=1S/C11H16ClF2N3/c1-17-10(8(12)6-16-17)9(15)7-2-4-11(13,14)5-3-7/h6-7,9H,2-5,15H2,1H3. The van der Waals surface area contributed by atoms with Gasteiger partial charge in [-0.1, -0.05) is 11.6 Å². The average molecular weight is 264 g/mol. The van der Waals surface area contributed by atoms with E-state index >= 15 is 0 Å². The summed E-state index contributed by atoms with van der Waals surface area (Å²) in [5, 5.41) is 4.53. The number of alkyl halides is 2. The van der Waals surface area contributed by atoms with Crippen molar-refractivity contribution < 1.29 is 8.78 Å². The Morgan fingerprint density at radius 3 is 2.59 bits per heavy atom. The molecule has 0 aromatic carbocycles. The van der Waals surface area contributed by atoms with Gasteiger partial charge in [0.05, 0.1) is 23.0 Å². The summed E-state index contributed by atoms with van der Waals surface area (Å²) in [6.07, 6.45) is 2.25. The zero-order valence-electron chi connectivity index (χ0n) is 9.67. The van der Waals surface area contributed by atoms with E-state index in [1.54, 1.807) is 11.7 Å². The summed E-state index contributed by atoms with van der Waals surface area (Å²) in [5.41, 5.74) is 6.85. The lowest BCUT2D eigenvalue weighted by atomic mass is 9.81. The summed E-state index contributed by atoms with van der Waals surface area (Å²) in [6, 6.07) is -0.314. The molecule has 1 atom stereocenters. The van der Waals surface area contributed by atoms with Crippen molar-refractivity contribution in [1.29, 1.82) is 0 Å². The molecule has 6 heteroatoms. The number of hydrogen-bond acceptors (Lipinski definition) is 2. The number of nitrogens with zero attached hydrogens (tertiary/aromatic N) is 2. The first-order valence-corrected chi connectivity index (χ1v) is 6.09. The van der Waals surface area contributed by atoms with Gasteiger partial charge in [0, 0.05) is 19.9 Å². The van der Waals surface area contributed by atoms with Crippen LogP contribution in [0.2, 0.25) is 5.02 Å². The highest BCUT2D eigenvalue weighted by Crippen LogP contribution is 2.41. The van der Waals surface area contributed by atoms with Crippen LogP contribution >= 0.6 is 11.6 Å². The molecule has 17 heavy (non-hydrogen) atoms. The van der Waals surface area contributed by atoms with E-state index in [0.717, 1.165) is 5.69 Å². The van der Waals surface area contributed by atoms with Crippen LogP contribution in [-0.4, -0.2) is 15.7 Å². The molecule has 1 unspecified atom stereocenters. The van der Waals surface area contributed by atoms with Gasteiger partial charge in [0.25, 0.3) is 0 Å². The molecule has 0 spiro atoms. The van der Waals surface area contributed by atoms with Crippen LogP contribution in [0.25, 0.3) is 0 Å². The maximum atomic E-state index is 13.1. The van der Waals surface area contributed by atoms with E-state index in [9.17, 15) is 8.78 Å². The third-order valence-corrected chi connectivity index (χ3v) is 3.81. The largest absolute Gasteiger partial charge is 0.322 e. The molecule has 1 aromatic rings. The molecule has 96 valence electrons. The Morgan fingerprint density at radius 2 is 2.12 bits per heavy atom. The molecule has 1 heterocycles. The van der Waals surface area contributed by atoms with Gasteiger partial charge < -0.3 is 5.73 Å². The van der Waals surface area contributed by atoms with E-state index in [2.05, 4.69) is 5.10 Å². The molecular weight excluding hydrogens is 248 g/mol. The summed E-state index contributed by atoms with van der Waals surface area (Å²) >= 11 is 6.00. The number of hydrogen-bond donors (Lipinski definition) is 1. The first kappa shape index (κ1) is 12.8. The summed E-state index contributed by atoms with van der Waals surface area (Å²) in [5.74, 6) is -2.46. The minimum absolute atomic E-state index is 0.0579. The second-order valence-electron chi connectivity index (χ2n) is 4.72. The molecule has 3 nitrogen and oxygen atoms in total. The molecule has 2 N–H and O–H groups in total.